The number of benzene rings is 1. The van der Waals surface area contributed by atoms with Crippen LogP contribution in [0, 0.1) is 11.7 Å². The summed E-state index contributed by atoms with van der Waals surface area (Å²) in [5, 5.41) is 0. The smallest absolute Gasteiger partial charge is 0.124 e. The molecule has 2 N–H and O–H groups in total. The molecule has 2 atom stereocenters. The van der Waals surface area contributed by atoms with Crippen LogP contribution in [-0.2, 0) is 0 Å². The average molecular weight is 287 g/mol. The summed E-state index contributed by atoms with van der Waals surface area (Å²) in [6.07, 6.45) is 1.11. The van der Waals surface area contributed by atoms with E-state index in [4.69, 9.17) is 5.73 Å². The third-order valence-corrected chi connectivity index (χ3v) is 4.04. The second kappa shape index (κ2) is 4.82. The second-order valence-corrected chi connectivity index (χ2v) is 5.23. The molecule has 16 heavy (non-hydrogen) atoms. The SMILES string of the molecule is CN1CCC(CN)C1c1ccc(F)cc1Br. The maximum Gasteiger partial charge on any atom is 0.124 e. The topological polar surface area (TPSA) is 29.3 Å². The van der Waals surface area contributed by atoms with Gasteiger partial charge in [-0.05, 0) is 50.2 Å². The fourth-order valence-electron chi connectivity index (χ4n) is 2.51. The summed E-state index contributed by atoms with van der Waals surface area (Å²) in [7, 11) is 2.09. The molecule has 1 saturated heterocycles. The first-order valence-corrected chi connectivity index (χ1v) is 6.28. The van der Waals surface area contributed by atoms with Crippen LogP contribution < -0.4 is 5.73 Å². The second-order valence-electron chi connectivity index (χ2n) is 4.38. The molecule has 88 valence electrons. The minimum atomic E-state index is -0.208. The highest BCUT2D eigenvalue weighted by Gasteiger charge is 2.33. The molecule has 0 aromatic heterocycles. The van der Waals surface area contributed by atoms with Crippen molar-refractivity contribution in [2.24, 2.45) is 11.7 Å². The number of hydrogen-bond acceptors (Lipinski definition) is 2. The summed E-state index contributed by atoms with van der Waals surface area (Å²) in [6, 6.07) is 5.20. The van der Waals surface area contributed by atoms with Crippen LogP contribution in [0.25, 0.3) is 0 Å². The molecule has 2 nitrogen and oxygen atoms in total. The van der Waals surface area contributed by atoms with E-state index in [2.05, 4.69) is 27.9 Å². The first-order chi connectivity index (χ1) is 7.63. The van der Waals surface area contributed by atoms with E-state index in [-0.39, 0.29) is 5.82 Å². The summed E-state index contributed by atoms with van der Waals surface area (Å²) in [5.41, 5.74) is 6.92. The minimum absolute atomic E-state index is 0.208. The normalized spacial score (nSPS) is 26.2. The lowest BCUT2D eigenvalue weighted by atomic mass is 9.94. The predicted octanol–water partition coefficient (Wildman–Crippen LogP) is 2.54. The summed E-state index contributed by atoms with van der Waals surface area (Å²) in [5.74, 6) is 0.257. The van der Waals surface area contributed by atoms with E-state index in [1.54, 1.807) is 0 Å². The fraction of sp³-hybridized carbons (Fsp3) is 0.500. The molecule has 0 amide bonds. The van der Waals surface area contributed by atoms with Gasteiger partial charge in [0.15, 0.2) is 0 Å². The third-order valence-electron chi connectivity index (χ3n) is 3.36. The van der Waals surface area contributed by atoms with Crippen molar-refractivity contribution in [3.63, 3.8) is 0 Å². The number of nitrogens with two attached hydrogens (primary N) is 1. The molecule has 1 aromatic rings. The van der Waals surface area contributed by atoms with Crippen molar-refractivity contribution in [3.05, 3.63) is 34.1 Å². The summed E-state index contributed by atoms with van der Waals surface area (Å²) in [4.78, 5) is 2.29. The Balaban J connectivity index is 2.34. The monoisotopic (exact) mass is 286 g/mol. The lowest BCUT2D eigenvalue weighted by molar-refractivity contribution is 0.278. The van der Waals surface area contributed by atoms with Crippen molar-refractivity contribution in [2.75, 3.05) is 20.1 Å². The van der Waals surface area contributed by atoms with Gasteiger partial charge in [-0.2, -0.15) is 0 Å². The Morgan fingerprint density at radius 1 is 1.56 bits per heavy atom. The number of hydrogen-bond donors (Lipinski definition) is 1. The van der Waals surface area contributed by atoms with E-state index < -0.39 is 0 Å². The quantitative estimate of drug-likeness (QED) is 0.905. The lowest BCUT2D eigenvalue weighted by Gasteiger charge is -2.25. The van der Waals surface area contributed by atoms with E-state index in [1.807, 2.05) is 6.07 Å². The van der Waals surface area contributed by atoms with Crippen molar-refractivity contribution >= 4 is 15.9 Å². The maximum absolute atomic E-state index is 13.0. The van der Waals surface area contributed by atoms with Gasteiger partial charge in [0.1, 0.15) is 5.82 Å². The van der Waals surface area contributed by atoms with Gasteiger partial charge in [0.25, 0.3) is 0 Å². The first kappa shape index (κ1) is 12.0. The molecule has 0 spiro atoms. The van der Waals surface area contributed by atoms with Crippen molar-refractivity contribution in [1.29, 1.82) is 0 Å². The molecule has 1 aromatic carbocycles. The Morgan fingerprint density at radius 3 is 2.94 bits per heavy atom. The molecule has 0 radical (unpaired) electrons. The molecular formula is C12H16BrFN2. The zero-order valence-electron chi connectivity index (χ0n) is 9.29. The maximum atomic E-state index is 13.0. The Morgan fingerprint density at radius 2 is 2.31 bits per heavy atom. The average Bonchev–Trinajstić information content (AvgIpc) is 2.60. The van der Waals surface area contributed by atoms with Gasteiger partial charge in [-0.3, -0.25) is 4.90 Å². The molecule has 0 bridgehead atoms. The van der Waals surface area contributed by atoms with Gasteiger partial charge < -0.3 is 5.73 Å². The van der Waals surface area contributed by atoms with Crippen molar-refractivity contribution in [2.45, 2.75) is 12.5 Å². The van der Waals surface area contributed by atoms with Crippen LogP contribution in [-0.4, -0.2) is 25.0 Å². The molecule has 1 fully saturated rings. The molecule has 2 unspecified atom stereocenters. The van der Waals surface area contributed by atoms with Crippen LogP contribution in [0.4, 0.5) is 4.39 Å². The molecule has 0 saturated carbocycles. The van der Waals surface area contributed by atoms with Crippen LogP contribution >= 0.6 is 15.9 Å². The van der Waals surface area contributed by atoms with Crippen LogP contribution in [0.3, 0.4) is 0 Å². The predicted molar refractivity (Wildman–Crippen MR) is 66.6 cm³/mol. The van der Waals surface area contributed by atoms with E-state index in [0.717, 1.165) is 23.0 Å². The molecule has 2 rings (SSSR count). The standard InChI is InChI=1S/C12H16BrFN2/c1-16-5-4-8(7-15)12(16)10-3-2-9(14)6-11(10)13/h2-3,6,8,12H,4-5,7,15H2,1H3. The molecule has 0 aliphatic carbocycles. The summed E-state index contributed by atoms with van der Waals surface area (Å²) < 4.78 is 13.9. The van der Waals surface area contributed by atoms with Gasteiger partial charge >= 0.3 is 0 Å². The van der Waals surface area contributed by atoms with Gasteiger partial charge in [-0.15, -0.1) is 0 Å². The van der Waals surface area contributed by atoms with Crippen molar-refractivity contribution < 1.29 is 4.39 Å². The highest BCUT2D eigenvalue weighted by molar-refractivity contribution is 9.10. The van der Waals surface area contributed by atoms with Gasteiger partial charge in [-0.25, -0.2) is 4.39 Å². The number of halogens is 2. The van der Waals surface area contributed by atoms with Crippen molar-refractivity contribution in [1.82, 2.24) is 4.90 Å². The first-order valence-electron chi connectivity index (χ1n) is 5.48. The Bertz CT molecular complexity index is 383. The van der Waals surface area contributed by atoms with E-state index >= 15 is 0 Å². The lowest BCUT2D eigenvalue weighted by Crippen LogP contribution is -2.25. The van der Waals surface area contributed by atoms with E-state index in [1.165, 1.54) is 12.1 Å². The van der Waals surface area contributed by atoms with Crippen LogP contribution in [0.2, 0.25) is 0 Å². The molecular weight excluding hydrogens is 271 g/mol. The highest BCUT2D eigenvalue weighted by atomic mass is 79.9. The molecule has 1 heterocycles. The van der Waals surface area contributed by atoms with E-state index in [9.17, 15) is 4.39 Å². The number of nitrogens with zero attached hydrogens (tertiary/aromatic N) is 1. The van der Waals surface area contributed by atoms with Crippen LogP contribution in [0.1, 0.15) is 18.0 Å². The zero-order valence-corrected chi connectivity index (χ0v) is 10.9. The van der Waals surface area contributed by atoms with Crippen LogP contribution in [0.15, 0.2) is 22.7 Å². The van der Waals surface area contributed by atoms with Gasteiger partial charge in [0.2, 0.25) is 0 Å². The summed E-state index contributed by atoms with van der Waals surface area (Å²) >= 11 is 3.43. The Hall–Kier alpha value is -0.450. The number of rotatable bonds is 2. The number of likely N-dealkylation sites (tertiary alicyclic amines) is 1. The molecule has 1 aliphatic heterocycles. The van der Waals surface area contributed by atoms with Crippen molar-refractivity contribution in [3.8, 4) is 0 Å². The van der Waals surface area contributed by atoms with Gasteiger partial charge in [0.05, 0.1) is 0 Å². The molecule has 1 aliphatic rings. The van der Waals surface area contributed by atoms with E-state index in [0.29, 0.717) is 18.5 Å². The summed E-state index contributed by atoms with van der Waals surface area (Å²) in [6.45, 7) is 1.73. The van der Waals surface area contributed by atoms with Crippen LogP contribution in [0.5, 0.6) is 0 Å². The largest absolute Gasteiger partial charge is 0.330 e. The minimum Gasteiger partial charge on any atom is -0.330 e. The highest BCUT2D eigenvalue weighted by Crippen LogP contribution is 2.38. The molecule has 4 heteroatoms. The zero-order chi connectivity index (χ0) is 11.7. The van der Waals surface area contributed by atoms with Gasteiger partial charge in [-0.1, -0.05) is 22.0 Å². The fourth-order valence-corrected chi connectivity index (χ4v) is 3.09. The Kier molecular flexibility index (Phi) is 3.62. The third kappa shape index (κ3) is 2.14. The Labute approximate surface area is 104 Å². The van der Waals surface area contributed by atoms with Gasteiger partial charge in [0, 0.05) is 10.5 Å².